The summed E-state index contributed by atoms with van der Waals surface area (Å²) >= 11 is 0. The molecule has 0 saturated carbocycles. The number of hydrogen-bond acceptors (Lipinski definition) is 5. The Kier molecular flexibility index (Phi) is 39.0. The lowest BCUT2D eigenvalue weighted by atomic mass is 10.0. The van der Waals surface area contributed by atoms with Gasteiger partial charge in [0, 0.05) is 12.8 Å². The maximum Gasteiger partial charge on any atom is 0.306 e. The number of carbonyl (C=O) groups is 2. The molecule has 6 nitrogen and oxygen atoms in total. The van der Waals surface area contributed by atoms with Crippen LogP contribution in [0.25, 0.3) is 0 Å². The SMILES string of the molecule is CC/C=C/C=C/C=C\C=C/C=C/CC(CC(=O)NC(CO)C(O)CCCCCCCCCCCCCC)OC(=O)CCCCC\C=C/C=C\C=C\C=C\CC. The first-order valence-corrected chi connectivity index (χ1v) is 21.7. The molecule has 55 heavy (non-hydrogen) atoms. The molecule has 0 aliphatic carbocycles. The van der Waals surface area contributed by atoms with E-state index in [9.17, 15) is 19.8 Å². The Morgan fingerprint density at radius 2 is 1.02 bits per heavy atom. The lowest BCUT2D eigenvalue weighted by molar-refractivity contribution is -0.150. The van der Waals surface area contributed by atoms with Crippen LogP contribution >= 0.6 is 0 Å². The van der Waals surface area contributed by atoms with Gasteiger partial charge < -0.3 is 20.3 Å². The minimum absolute atomic E-state index is 0.0417. The highest BCUT2D eigenvalue weighted by atomic mass is 16.5. The monoisotopic (exact) mass is 762 g/mol. The summed E-state index contributed by atoms with van der Waals surface area (Å²) < 4.78 is 5.78. The number of aliphatic hydroxyl groups excluding tert-OH is 2. The molecule has 0 aliphatic rings. The molecule has 310 valence electrons. The highest BCUT2D eigenvalue weighted by Crippen LogP contribution is 2.15. The summed E-state index contributed by atoms with van der Waals surface area (Å²) in [5.41, 5.74) is 0. The van der Waals surface area contributed by atoms with Gasteiger partial charge >= 0.3 is 5.97 Å². The standard InChI is InChI=1S/C49H79NO5/c1-4-7-10-13-16-19-22-24-27-30-33-36-39-42-49(54)55-45(40-37-34-31-28-25-21-18-15-12-9-6-3)43-48(53)50-46(44-51)47(52)41-38-35-32-29-26-23-20-17-14-11-8-5-2/h7,9-10,12-13,15-16,18-19,21-22,24-25,27-28,31,34,37,45-47,51-52H,4-6,8,11,14,17,20,23,26,29-30,32-33,35-36,38-44H2,1-3H3,(H,50,53)/b10-7+,12-9+,16-13+,18-15+,22-19-,25-21-,27-24-,31-28-,37-34+. The molecular formula is C49H79NO5. The molecule has 3 unspecified atom stereocenters. The molecule has 0 saturated heterocycles. The number of amides is 1. The molecule has 0 aromatic rings. The summed E-state index contributed by atoms with van der Waals surface area (Å²) in [6, 6.07) is -0.753. The fraction of sp³-hybridized carbons (Fsp3) is 0.592. The van der Waals surface area contributed by atoms with Crippen molar-refractivity contribution in [1.82, 2.24) is 5.32 Å². The second-order valence-electron chi connectivity index (χ2n) is 14.2. The van der Waals surface area contributed by atoms with Gasteiger partial charge in [-0.2, -0.15) is 0 Å². The summed E-state index contributed by atoms with van der Waals surface area (Å²) in [4.78, 5) is 25.9. The van der Waals surface area contributed by atoms with Gasteiger partial charge in [0.15, 0.2) is 0 Å². The number of rotatable bonds is 36. The maximum absolute atomic E-state index is 13.1. The van der Waals surface area contributed by atoms with Gasteiger partial charge in [-0.3, -0.25) is 9.59 Å². The molecule has 0 bridgehead atoms. The van der Waals surface area contributed by atoms with Crippen LogP contribution in [0.1, 0.15) is 162 Å². The number of ether oxygens (including phenoxy) is 1. The number of unbranched alkanes of at least 4 members (excludes halogenated alkanes) is 14. The van der Waals surface area contributed by atoms with E-state index in [1.807, 2.05) is 91.1 Å². The summed E-state index contributed by atoms with van der Waals surface area (Å²) in [6.07, 6.45) is 56.0. The van der Waals surface area contributed by atoms with Crippen molar-refractivity contribution in [1.29, 1.82) is 0 Å². The van der Waals surface area contributed by atoms with Crippen LogP contribution in [0, 0.1) is 0 Å². The predicted octanol–water partition coefficient (Wildman–Crippen LogP) is 12.4. The first-order valence-electron chi connectivity index (χ1n) is 21.7. The van der Waals surface area contributed by atoms with Gasteiger partial charge in [0.05, 0.1) is 25.2 Å². The molecule has 6 heteroatoms. The number of hydrogen-bond donors (Lipinski definition) is 3. The number of nitrogens with one attached hydrogen (secondary N) is 1. The Morgan fingerprint density at radius 1 is 0.564 bits per heavy atom. The fourth-order valence-electron chi connectivity index (χ4n) is 5.81. The third kappa shape index (κ3) is 37.2. The molecule has 3 N–H and O–H groups in total. The zero-order chi connectivity index (χ0) is 40.3. The van der Waals surface area contributed by atoms with Crippen molar-refractivity contribution in [3.8, 4) is 0 Å². The van der Waals surface area contributed by atoms with E-state index < -0.39 is 18.2 Å². The van der Waals surface area contributed by atoms with Crippen LogP contribution < -0.4 is 5.32 Å². The largest absolute Gasteiger partial charge is 0.461 e. The Hall–Kier alpha value is -3.48. The van der Waals surface area contributed by atoms with Gasteiger partial charge in [-0.1, -0.05) is 214 Å². The number of esters is 1. The molecule has 0 aliphatic heterocycles. The number of carbonyl (C=O) groups excluding carboxylic acids is 2. The Balaban J connectivity index is 4.83. The van der Waals surface area contributed by atoms with Crippen molar-refractivity contribution in [2.75, 3.05) is 6.61 Å². The van der Waals surface area contributed by atoms with E-state index in [0.29, 0.717) is 19.3 Å². The fourth-order valence-corrected chi connectivity index (χ4v) is 5.81. The molecule has 3 atom stereocenters. The van der Waals surface area contributed by atoms with Crippen molar-refractivity contribution < 1.29 is 24.5 Å². The molecule has 0 aromatic heterocycles. The van der Waals surface area contributed by atoms with Crippen molar-refractivity contribution in [3.05, 3.63) is 109 Å². The van der Waals surface area contributed by atoms with Crippen molar-refractivity contribution in [2.45, 2.75) is 180 Å². The van der Waals surface area contributed by atoms with Crippen LogP contribution in [0.4, 0.5) is 0 Å². The van der Waals surface area contributed by atoms with E-state index in [2.05, 4.69) is 44.3 Å². The van der Waals surface area contributed by atoms with E-state index in [-0.39, 0.29) is 24.9 Å². The van der Waals surface area contributed by atoms with Crippen molar-refractivity contribution in [3.63, 3.8) is 0 Å². The number of allylic oxidation sites excluding steroid dienone is 17. The topological polar surface area (TPSA) is 95.9 Å². The summed E-state index contributed by atoms with van der Waals surface area (Å²) in [7, 11) is 0. The van der Waals surface area contributed by atoms with E-state index in [4.69, 9.17) is 4.74 Å². The summed E-state index contributed by atoms with van der Waals surface area (Å²) in [6.45, 7) is 6.11. The van der Waals surface area contributed by atoms with Gasteiger partial charge in [0.25, 0.3) is 0 Å². The van der Waals surface area contributed by atoms with Crippen LogP contribution in [-0.2, 0) is 14.3 Å². The highest BCUT2D eigenvalue weighted by Gasteiger charge is 2.23. The molecular weight excluding hydrogens is 683 g/mol. The maximum atomic E-state index is 13.1. The average molecular weight is 762 g/mol. The number of aliphatic hydroxyl groups is 2. The van der Waals surface area contributed by atoms with Crippen molar-refractivity contribution >= 4 is 11.9 Å². The molecule has 1 amide bonds. The van der Waals surface area contributed by atoms with E-state index in [0.717, 1.165) is 57.8 Å². The second kappa shape index (κ2) is 41.7. The Labute approximate surface area is 337 Å². The second-order valence-corrected chi connectivity index (χ2v) is 14.2. The zero-order valence-electron chi connectivity index (χ0n) is 35.0. The van der Waals surface area contributed by atoms with Gasteiger partial charge in [0.2, 0.25) is 5.91 Å². The molecule has 0 aromatic carbocycles. The average Bonchev–Trinajstić information content (AvgIpc) is 3.18. The highest BCUT2D eigenvalue weighted by molar-refractivity contribution is 5.77. The quantitative estimate of drug-likeness (QED) is 0.0336. The van der Waals surface area contributed by atoms with Crippen LogP contribution in [0.15, 0.2) is 109 Å². The minimum Gasteiger partial charge on any atom is -0.461 e. The normalized spacial score (nSPS) is 14.5. The summed E-state index contributed by atoms with van der Waals surface area (Å²) in [5, 5.41) is 23.5. The van der Waals surface area contributed by atoms with Crippen LogP contribution in [0.3, 0.4) is 0 Å². The minimum atomic E-state index is -0.829. The van der Waals surface area contributed by atoms with Gasteiger partial charge in [-0.05, 0) is 38.5 Å². The first kappa shape index (κ1) is 51.5. The van der Waals surface area contributed by atoms with Gasteiger partial charge in [0.1, 0.15) is 6.10 Å². The lowest BCUT2D eigenvalue weighted by Gasteiger charge is -2.24. The van der Waals surface area contributed by atoms with E-state index in [1.165, 1.54) is 57.8 Å². The summed E-state index contributed by atoms with van der Waals surface area (Å²) in [5.74, 6) is -0.670. The third-order valence-electron chi connectivity index (χ3n) is 9.07. The smallest absolute Gasteiger partial charge is 0.306 e. The van der Waals surface area contributed by atoms with Crippen molar-refractivity contribution in [2.24, 2.45) is 0 Å². The Bertz CT molecular complexity index is 1170. The molecule has 0 radical (unpaired) electrons. The van der Waals surface area contributed by atoms with Gasteiger partial charge in [-0.15, -0.1) is 0 Å². The molecule has 0 heterocycles. The Morgan fingerprint density at radius 3 is 1.53 bits per heavy atom. The van der Waals surface area contributed by atoms with E-state index in [1.54, 1.807) is 0 Å². The molecule has 0 spiro atoms. The third-order valence-corrected chi connectivity index (χ3v) is 9.07. The van der Waals surface area contributed by atoms with Crippen LogP contribution in [0.2, 0.25) is 0 Å². The first-order chi connectivity index (χ1) is 27.0. The molecule has 0 fully saturated rings. The van der Waals surface area contributed by atoms with Crippen LogP contribution in [-0.4, -0.2) is 46.9 Å². The van der Waals surface area contributed by atoms with Crippen LogP contribution in [0.5, 0.6) is 0 Å². The lowest BCUT2D eigenvalue weighted by Crippen LogP contribution is -2.46. The predicted molar refractivity (Wildman–Crippen MR) is 236 cm³/mol. The zero-order valence-corrected chi connectivity index (χ0v) is 35.0. The van der Waals surface area contributed by atoms with Gasteiger partial charge in [-0.25, -0.2) is 0 Å². The van der Waals surface area contributed by atoms with E-state index >= 15 is 0 Å². The molecule has 0 rings (SSSR count).